The standard InChI is InChI=1S/C20H32ClN3O2/c1-2-22-20(24-12-8-18-6-3-4-7-19(18)21)23-11-5-13-26-16-17-9-14-25-15-10-17/h3-4,6-7,17H,2,5,8-16H2,1H3,(H2,22,23,24). The second-order valence-electron chi connectivity index (χ2n) is 6.51. The topological polar surface area (TPSA) is 54.9 Å². The predicted octanol–water partition coefficient (Wildman–Crippen LogP) is 3.27. The Morgan fingerprint density at radius 3 is 2.85 bits per heavy atom. The molecule has 0 bridgehead atoms. The maximum absolute atomic E-state index is 6.19. The van der Waals surface area contributed by atoms with E-state index in [2.05, 4.69) is 28.6 Å². The van der Waals surface area contributed by atoms with Crippen molar-refractivity contribution in [1.29, 1.82) is 0 Å². The number of nitrogens with zero attached hydrogens (tertiary/aromatic N) is 1. The number of guanidine groups is 1. The van der Waals surface area contributed by atoms with Gasteiger partial charge in [-0.05, 0) is 50.2 Å². The molecule has 1 aromatic rings. The average molecular weight is 382 g/mol. The summed E-state index contributed by atoms with van der Waals surface area (Å²) in [5.41, 5.74) is 1.15. The summed E-state index contributed by atoms with van der Waals surface area (Å²) in [6.07, 6.45) is 4.05. The molecule has 146 valence electrons. The molecule has 0 saturated carbocycles. The molecular weight excluding hydrogens is 350 g/mol. The van der Waals surface area contributed by atoms with E-state index in [1.54, 1.807) is 0 Å². The fourth-order valence-electron chi connectivity index (χ4n) is 2.88. The second-order valence-corrected chi connectivity index (χ2v) is 6.92. The molecule has 1 aliphatic heterocycles. The lowest BCUT2D eigenvalue weighted by Gasteiger charge is -2.21. The van der Waals surface area contributed by atoms with Gasteiger partial charge in [0.1, 0.15) is 0 Å². The first-order valence-corrected chi connectivity index (χ1v) is 10.1. The zero-order valence-corrected chi connectivity index (χ0v) is 16.6. The van der Waals surface area contributed by atoms with E-state index in [-0.39, 0.29) is 0 Å². The van der Waals surface area contributed by atoms with Crippen molar-refractivity contribution < 1.29 is 9.47 Å². The molecular formula is C20H32ClN3O2. The fourth-order valence-corrected chi connectivity index (χ4v) is 3.11. The van der Waals surface area contributed by atoms with Crippen LogP contribution in [0.2, 0.25) is 5.02 Å². The van der Waals surface area contributed by atoms with Gasteiger partial charge in [0.25, 0.3) is 0 Å². The summed E-state index contributed by atoms with van der Waals surface area (Å²) in [5, 5.41) is 7.46. The minimum atomic E-state index is 0.663. The molecule has 0 spiro atoms. The van der Waals surface area contributed by atoms with Gasteiger partial charge < -0.3 is 20.1 Å². The quantitative estimate of drug-likeness (QED) is 0.371. The van der Waals surface area contributed by atoms with Crippen molar-refractivity contribution in [2.75, 3.05) is 46.1 Å². The Morgan fingerprint density at radius 1 is 1.27 bits per heavy atom. The van der Waals surface area contributed by atoms with Gasteiger partial charge in [-0.15, -0.1) is 0 Å². The number of benzene rings is 1. The van der Waals surface area contributed by atoms with E-state index in [0.29, 0.717) is 5.92 Å². The van der Waals surface area contributed by atoms with Crippen molar-refractivity contribution >= 4 is 17.6 Å². The molecule has 0 unspecified atom stereocenters. The first kappa shape index (κ1) is 21.0. The molecule has 1 aliphatic rings. The van der Waals surface area contributed by atoms with Gasteiger partial charge in [-0.3, -0.25) is 4.99 Å². The number of hydrogen-bond acceptors (Lipinski definition) is 3. The molecule has 1 saturated heterocycles. The Balaban J connectivity index is 1.60. The first-order chi connectivity index (χ1) is 12.8. The molecule has 0 amide bonds. The lowest BCUT2D eigenvalue weighted by atomic mass is 10.0. The maximum Gasteiger partial charge on any atom is 0.191 e. The monoisotopic (exact) mass is 381 g/mol. The summed E-state index contributed by atoms with van der Waals surface area (Å²) in [5.74, 6) is 1.51. The summed E-state index contributed by atoms with van der Waals surface area (Å²) in [7, 11) is 0. The molecule has 1 fully saturated rings. The van der Waals surface area contributed by atoms with Crippen LogP contribution in [0.5, 0.6) is 0 Å². The van der Waals surface area contributed by atoms with Gasteiger partial charge in [-0.25, -0.2) is 0 Å². The smallest absolute Gasteiger partial charge is 0.191 e. The van der Waals surface area contributed by atoms with Crippen molar-refractivity contribution in [3.05, 3.63) is 34.9 Å². The third kappa shape index (κ3) is 8.39. The number of aliphatic imine (C=N–C) groups is 1. The zero-order chi connectivity index (χ0) is 18.5. The maximum atomic E-state index is 6.19. The Hall–Kier alpha value is -1.30. The van der Waals surface area contributed by atoms with Crippen LogP contribution in [-0.4, -0.2) is 52.0 Å². The van der Waals surface area contributed by atoms with Gasteiger partial charge >= 0.3 is 0 Å². The van der Waals surface area contributed by atoms with Crippen LogP contribution in [0, 0.1) is 5.92 Å². The predicted molar refractivity (Wildman–Crippen MR) is 108 cm³/mol. The lowest BCUT2D eigenvalue weighted by Crippen LogP contribution is -2.38. The molecule has 0 atom stereocenters. The third-order valence-corrected chi connectivity index (χ3v) is 4.77. The molecule has 5 nitrogen and oxygen atoms in total. The van der Waals surface area contributed by atoms with Crippen molar-refractivity contribution in [1.82, 2.24) is 10.6 Å². The summed E-state index contributed by atoms with van der Waals surface area (Å²) < 4.78 is 11.2. The second kappa shape index (κ2) is 13.0. The average Bonchev–Trinajstić information content (AvgIpc) is 2.67. The van der Waals surface area contributed by atoms with Crippen molar-refractivity contribution in [2.45, 2.75) is 32.6 Å². The highest BCUT2D eigenvalue weighted by Gasteiger charge is 2.13. The van der Waals surface area contributed by atoms with E-state index >= 15 is 0 Å². The van der Waals surface area contributed by atoms with E-state index < -0.39 is 0 Å². The number of nitrogens with one attached hydrogen (secondary N) is 2. The van der Waals surface area contributed by atoms with Gasteiger partial charge in [-0.1, -0.05) is 29.8 Å². The van der Waals surface area contributed by atoms with E-state index in [1.807, 2.05) is 18.2 Å². The molecule has 0 aliphatic carbocycles. The number of rotatable bonds is 10. The first-order valence-electron chi connectivity index (χ1n) is 9.70. The molecule has 0 radical (unpaired) electrons. The summed E-state index contributed by atoms with van der Waals surface area (Å²) in [4.78, 5) is 4.61. The van der Waals surface area contributed by atoms with Crippen LogP contribution >= 0.6 is 11.6 Å². The fraction of sp³-hybridized carbons (Fsp3) is 0.650. The van der Waals surface area contributed by atoms with Gasteiger partial charge in [0.2, 0.25) is 0 Å². The SMILES string of the molecule is CCNC(=NCCCOCC1CCOCC1)NCCc1ccccc1Cl. The van der Waals surface area contributed by atoms with Crippen LogP contribution in [-0.2, 0) is 15.9 Å². The molecule has 2 N–H and O–H groups in total. The van der Waals surface area contributed by atoms with Crippen LogP contribution < -0.4 is 10.6 Å². The molecule has 1 heterocycles. The highest BCUT2D eigenvalue weighted by Crippen LogP contribution is 2.15. The molecule has 0 aromatic heterocycles. The largest absolute Gasteiger partial charge is 0.381 e. The molecule has 1 aromatic carbocycles. The Kier molecular flexibility index (Phi) is 10.5. The summed E-state index contributed by atoms with van der Waals surface area (Å²) >= 11 is 6.19. The molecule has 26 heavy (non-hydrogen) atoms. The highest BCUT2D eigenvalue weighted by atomic mass is 35.5. The van der Waals surface area contributed by atoms with Gasteiger partial charge in [0.15, 0.2) is 5.96 Å². The Bertz CT molecular complexity index is 534. The summed E-state index contributed by atoms with van der Waals surface area (Å²) in [6.45, 7) is 7.85. The minimum Gasteiger partial charge on any atom is -0.381 e. The number of hydrogen-bond donors (Lipinski definition) is 2. The highest BCUT2D eigenvalue weighted by molar-refractivity contribution is 6.31. The van der Waals surface area contributed by atoms with Crippen molar-refractivity contribution in [3.8, 4) is 0 Å². The van der Waals surface area contributed by atoms with Crippen LogP contribution in [0.4, 0.5) is 0 Å². The van der Waals surface area contributed by atoms with E-state index in [1.165, 1.54) is 0 Å². The van der Waals surface area contributed by atoms with Crippen LogP contribution in [0.25, 0.3) is 0 Å². The van der Waals surface area contributed by atoms with Crippen molar-refractivity contribution in [3.63, 3.8) is 0 Å². The molecule has 6 heteroatoms. The zero-order valence-electron chi connectivity index (χ0n) is 15.8. The number of ether oxygens (including phenoxy) is 2. The minimum absolute atomic E-state index is 0.663. The Morgan fingerprint density at radius 2 is 2.08 bits per heavy atom. The third-order valence-electron chi connectivity index (χ3n) is 4.40. The lowest BCUT2D eigenvalue weighted by molar-refractivity contribution is 0.0205. The normalized spacial score (nSPS) is 15.8. The molecule has 2 rings (SSSR count). The van der Waals surface area contributed by atoms with Gasteiger partial charge in [0, 0.05) is 51.1 Å². The van der Waals surface area contributed by atoms with Crippen LogP contribution in [0.3, 0.4) is 0 Å². The van der Waals surface area contributed by atoms with Crippen molar-refractivity contribution in [2.24, 2.45) is 10.9 Å². The van der Waals surface area contributed by atoms with Crippen LogP contribution in [0.1, 0.15) is 31.7 Å². The Labute approximate surface area is 162 Å². The number of halogens is 1. The van der Waals surface area contributed by atoms with Gasteiger partial charge in [-0.2, -0.15) is 0 Å². The van der Waals surface area contributed by atoms with Gasteiger partial charge in [0.05, 0.1) is 0 Å². The van der Waals surface area contributed by atoms with E-state index in [9.17, 15) is 0 Å². The van der Waals surface area contributed by atoms with E-state index in [4.69, 9.17) is 21.1 Å². The summed E-state index contributed by atoms with van der Waals surface area (Å²) in [6, 6.07) is 7.95. The van der Waals surface area contributed by atoms with Crippen LogP contribution in [0.15, 0.2) is 29.3 Å². The van der Waals surface area contributed by atoms with E-state index in [0.717, 1.165) is 88.3 Å².